The zero-order chi connectivity index (χ0) is 16.7. The number of benzene rings is 2. The molecule has 0 spiro atoms. The number of hydrogen-bond acceptors (Lipinski definition) is 4. The monoisotopic (exact) mass is 333 g/mol. The van der Waals surface area contributed by atoms with Gasteiger partial charge in [-0.2, -0.15) is 0 Å². The molecule has 0 saturated heterocycles. The SMILES string of the molecule is Cc1ccc(C)c2sc(NC(=O)c3ccc4ccccc4n3)nc12. The Morgan fingerprint density at radius 2 is 1.75 bits per heavy atom. The molecule has 0 unspecified atom stereocenters. The van der Waals surface area contributed by atoms with E-state index in [4.69, 9.17) is 0 Å². The zero-order valence-electron chi connectivity index (χ0n) is 13.3. The number of thiazole rings is 1. The lowest BCUT2D eigenvalue weighted by atomic mass is 10.1. The fourth-order valence-electron chi connectivity index (χ4n) is 2.67. The third-order valence-electron chi connectivity index (χ3n) is 3.99. The first-order valence-corrected chi connectivity index (χ1v) is 8.47. The molecule has 0 aliphatic heterocycles. The van der Waals surface area contributed by atoms with Crippen LogP contribution in [0.2, 0.25) is 0 Å². The first-order valence-electron chi connectivity index (χ1n) is 7.66. The summed E-state index contributed by atoms with van der Waals surface area (Å²) < 4.78 is 1.11. The molecule has 0 radical (unpaired) electrons. The molecule has 0 saturated carbocycles. The van der Waals surface area contributed by atoms with E-state index in [2.05, 4.69) is 28.3 Å². The van der Waals surface area contributed by atoms with E-state index >= 15 is 0 Å². The molecule has 2 aromatic carbocycles. The summed E-state index contributed by atoms with van der Waals surface area (Å²) in [7, 11) is 0. The first-order chi connectivity index (χ1) is 11.6. The van der Waals surface area contributed by atoms with Crippen molar-refractivity contribution in [3.8, 4) is 0 Å². The lowest BCUT2D eigenvalue weighted by Gasteiger charge is -2.02. The predicted octanol–water partition coefficient (Wildman–Crippen LogP) is 4.71. The molecule has 1 N–H and O–H groups in total. The molecule has 0 aliphatic rings. The van der Waals surface area contributed by atoms with Crippen LogP contribution in [0.5, 0.6) is 0 Å². The van der Waals surface area contributed by atoms with Gasteiger partial charge in [0.1, 0.15) is 5.69 Å². The maximum Gasteiger partial charge on any atom is 0.276 e. The van der Waals surface area contributed by atoms with Crippen molar-refractivity contribution in [3.63, 3.8) is 0 Å². The van der Waals surface area contributed by atoms with E-state index in [-0.39, 0.29) is 5.91 Å². The second-order valence-electron chi connectivity index (χ2n) is 5.74. The van der Waals surface area contributed by atoms with E-state index in [0.29, 0.717) is 10.8 Å². The largest absolute Gasteiger partial charge is 0.296 e. The van der Waals surface area contributed by atoms with Gasteiger partial charge < -0.3 is 0 Å². The molecule has 4 aromatic rings. The van der Waals surface area contributed by atoms with Crippen molar-refractivity contribution in [2.75, 3.05) is 5.32 Å². The Kier molecular flexibility index (Phi) is 3.50. The number of fused-ring (bicyclic) bond motifs is 2. The van der Waals surface area contributed by atoms with Gasteiger partial charge >= 0.3 is 0 Å². The molecule has 0 bridgehead atoms. The Hall–Kier alpha value is -2.79. The number of anilines is 1. The lowest BCUT2D eigenvalue weighted by molar-refractivity contribution is 0.102. The van der Waals surface area contributed by atoms with Crippen LogP contribution in [0.4, 0.5) is 5.13 Å². The highest BCUT2D eigenvalue weighted by molar-refractivity contribution is 7.22. The second kappa shape index (κ2) is 5.69. The quantitative estimate of drug-likeness (QED) is 0.578. The molecular formula is C19H15N3OS. The maximum atomic E-state index is 12.5. The molecule has 4 rings (SSSR count). The van der Waals surface area contributed by atoms with Gasteiger partial charge in [-0.3, -0.25) is 10.1 Å². The van der Waals surface area contributed by atoms with Gasteiger partial charge in [0.15, 0.2) is 5.13 Å². The lowest BCUT2D eigenvalue weighted by Crippen LogP contribution is -2.13. The van der Waals surface area contributed by atoms with E-state index in [1.54, 1.807) is 6.07 Å². The van der Waals surface area contributed by atoms with Crippen LogP contribution in [0.25, 0.3) is 21.1 Å². The van der Waals surface area contributed by atoms with Crippen LogP contribution in [0.1, 0.15) is 21.6 Å². The van der Waals surface area contributed by atoms with Crippen molar-refractivity contribution in [3.05, 3.63) is 65.4 Å². The van der Waals surface area contributed by atoms with E-state index in [1.165, 1.54) is 11.3 Å². The summed E-state index contributed by atoms with van der Waals surface area (Å²) in [5.41, 5.74) is 4.41. The molecular weight excluding hydrogens is 318 g/mol. The van der Waals surface area contributed by atoms with Gasteiger partial charge in [-0.15, -0.1) is 0 Å². The summed E-state index contributed by atoms with van der Waals surface area (Å²) in [5.74, 6) is -0.241. The van der Waals surface area contributed by atoms with Crippen molar-refractivity contribution >= 4 is 43.5 Å². The molecule has 24 heavy (non-hydrogen) atoms. The number of rotatable bonds is 2. The molecule has 0 atom stereocenters. The number of hydrogen-bond donors (Lipinski definition) is 1. The number of amides is 1. The van der Waals surface area contributed by atoms with Crippen LogP contribution in [0, 0.1) is 13.8 Å². The summed E-state index contributed by atoms with van der Waals surface area (Å²) in [6.45, 7) is 4.08. The maximum absolute atomic E-state index is 12.5. The van der Waals surface area contributed by atoms with Crippen LogP contribution in [-0.2, 0) is 0 Å². The fraction of sp³-hybridized carbons (Fsp3) is 0.105. The van der Waals surface area contributed by atoms with Crippen molar-refractivity contribution in [1.82, 2.24) is 9.97 Å². The minimum absolute atomic E-state index is 0.241. The van der Waals surface area contributed by atoms with Gasteiger partial charge in [0.25, 0.3) is 5.91 Å². The van der Waals surface area contributed by atoms with Gasteiger partial charge in [-0.25, -0.2) is 9.97 Å². The van der Waals surface area contributed by atoms with E-state index in [0.717, 1.165) is 32.2 Å². The second-order valence-corrected chi connectivity index (χ2v) is 6.74. The van der Waals surface area contributed by atoms with Crippen molar-refractivity contribution < 1.29 is 4.79 Å². The summed E-state index contributed by atoms with van der Waals surface area (Å²) in [5, 5.41) is 4.49. The minimum Gasteiger partial charge on any atom is -0.296 e. The van der Waals surface area contributed by atoms with E-state index in [9.17, 15) is 4.79 Å². The third kappa shape index (κ3) is 2.53. The van der Waals surface area contributed by atoms with Gasteiger partial charge in [0.05, 0.1) is 15.7 Å². The molecule has 2 heterocycles. The highest BCUT2D eigenvalue weighted by Crippen LogP contribution is 2.31. The summed E-state index contributed by atoms with van der Waals surface area (Å²) in [4.78, 5) is 21.5. The van der Waals surface area contributed by atoms with Gasteiger partial charge in [0, 0.05) is 5.39 Å². The third-order valence-corrected chi connectivity index (χ3v) is 5.10. The standard InChI is InChI=1S/C19H15N3OS/c1-11-7-8-12(2)17-16(11)21-19(24-17)22-18(23)15-10-9-13-5-3-4-6-14(13)20-15/h3-10H,1-2H3,(H,21,22,23). The Morgan fingerprint density at radius 3 is 2.58 bits per heavy atom. The minimum atomic E-state index is -0.241. The first kappa shape index (κ1) is 14.8. The molecule has 2 aromatic heterocycles. The number of carbonyl (C=O) groups is 1. The van der Waals surface area contributed by atoms with Gasteiger partial charge in [-0.05, 0) is 37.1 Å². The number of pyridine rings is 1. The van der Waals surface area contributed by atoms with Crippen molar-refractivity contribution in [2.45, 2.75) is 13.8 Å². The Morgan fingerprint density at radius 1 is 0.958 bits per heavy atom. The zero-order valence-corrected chi connectivity index (χ0v) is 14.1. The smallest absolute Gasteiger partial charge is 0.276 e. The molecule has 5 heteroatoms. The van der Waals surface area contributed by atoms with Crippen molar-refractivity contribution in [2.24, 2.45) is 0 Å². The molecule has 0 fully saturated rings. The van der Waals surface area contributed by atoms with E-state index in [1.807, 2.05) is 43.3 Å². The van der Waals surface area contributed by atoms with Crippen LogP contribution < -0.4 is 5.32 Å². The van der Waals surface area contributed by atoms with E-state index < -0.39 is 0 Å². The number of aryl methyl sites for hydroxylation is 2. The van der Waals surface area contributed by atoms with Gasteiger partial charge in [0.2, 0.25) is 0 Å². The molecule has 4 nitrogen and oxygen atoms in total. The number of aromatic nitrogens is 2. The van der Waals surface area contributed by atoms with Crippen molar-refractivity contribution in [1.29, 1.82) is 0 Å². The molecule has 118 valence electrons. The van der Waals surface area contributed by atoms with Crippen LogP contribution >= 0.6 is 11.3 Å². The molecule has 0 aliphatic carbocycles. The fourth-order valence-corrected chi connectivity index (χ4v) is 3.67. The van der Waals surface area contributed by atoms with Crippen LogP contribution in [0.3, 0.4) is 0 Å². The number of nitrogens with zero attached hydrogens (tertiary/aromatic N) is 2. The number of para-hydroxylation sites is 1. The topological polar surface area (TPSA) is 54.9 Å². The highest BCUT2D eigenvalue weighted by atomic mass is 32.1. The normalized spacial score (nSPS) is 11.1. The van der Waals surface area contributed by atoms with Gasteiger partial charge in [-0.1, -0.05) is 47.7 Å². The Labute approximate surface area is 143 Å². The summed E-state index contributed by atoms with van der Waals surface area (Å²) in [6.07, 6.45) is 0. The number of nitrogens with one attached hydrogen (secondary N) is 1. The van der Waals surface area contributed by atoms with Crippen LogP contribution in [-0.4, -0.2) is 15.9 Å². The Balaban J connectivity index is 1.68. The highest BCUT2D eigenvalue weighted by Gasteiger charge is 2.13. The average Bonchev–Trinajstić information content (AvgIpc) is 3.03. The number of carbonyl (C=O) groups excluding carboxylic acids is 1. The average molecular weight is 333 g/mol. The predicted molar refractivity (Wildman–Crippen MR) is 98.8 cm³/mol. The van der Waals surface area contributed by atoms with Crippen LogP contribution in [0.15, 0.2) is 48.5 Å². The molecule has 1 amide bonds. The Bertz CT molecular complexity index is 1050. The summed E-state index contributed by atoms with van der Waals surface area (Å²) in [6, 6.07) is 15.5. The summed E-state index contributed by atoms with van der Waals surface area (Å²) >= 11 is 1.49.